The Balaban J connectivity index is 1.53. The highest BCUT2D eigenvalue weighted by atomic mass is 16.5. The Morgan fingerprint density at radius 1 is 1.21 bits per heavy atom. The van der Waals surface area contributed by atoms with Gasteiger partial charge in [0.2, 0.25) is 5.91 Å². The first-order chi connectivity index (χ1) is 18.8. The van der Waals surface area contributed by atoms with E-state index >= 15 is 0 Å². The van der Waals surface area contributed by atoms with Gasteiger partial charge in [-0.1, -0.05) is 26.2 Å². The summed E-state index contributed by atoms with van der Waals surface area (Å²) in [5.41, 5.74) is 2.51. The number of nitrogens with zero attached hydrogens (tertiary/aromatic N) is 3. The van der Waals surface area contributed by atoms with Crippen molar-refractivity contribution in [2.75, 3.05) is 32.1 Å². The van der Waals surface area contributed by atoms with E-state index in [1.807, 2.05) is 37.3 Å². The van der Waals surface area contributed by atoms with Crippen molar-refractivity contribution in [1.82, 2.24) is 20.1 Å². The third-order valence-electron chi connectivity index (χ3n) is 7.81. The van der Waals surface area contributed by atoms with E-state index in [4.69, 9.17) is 4.74 Å². The lowest BCUT2D eigenvalue weighted by Gasteiger charge is -2.34. The molecule has 39 heavy (non-hydrogen) atoms. The van der Waals surface area contributed by atoms with Crippen molar-refractivity contribution >= 4 is 17.6 Å². The maximum Gasteiger partial charge on any atom is 0.319 e. The fraction of sp³-hybridized carbons (Fsp3) is 0.567. The summed E-state index contributed by atoms with van der Waals surface area (Å²) in [5.74, 6) is 0.602. The minimum atomic E-state index is -0.306. The summed E-state index contributed by atoms with van der Waals surface area (Å²) in [7, 11) is 2.06. The molecular formula is C30H43N5O4. The molecule has 9 nitrogen and oxygen atoms in total. The lowest BCUT2D eigenvalue weighted by molar-refractivity contribution is -0.134. The molecule has 1 aromatic heterocycles. The third-order valence-corrected chi connectivity index (χ3v) is 7.81. The Hall–Kier alpha value is -3.17. The number of benzene rings is 1. The number of likely N-dealkylation sites (N-methyl/N-ethyl adjacent to an activating group) is 1. The fourth-order valence-corrected chi connectivity index (χ4v) is 5.50. The van der Waals surface area contributed by atoms with Crippen molar-refractivity contribution in [2.45, 2.75) is 77.1 Å². The number of rotatable bonds is 8. The number of ether oxygens (including phenoxy) is 1. The molecule has 1 aromatic carbocycles. The lowest BCUT2D eigenvalue weighted by Crippen LogP contribution is -2.47. The maximum atomic E-state index is 13.4. The summed E-state index contributed by atoms with van der Waals surface area (Å²) in [4.78, 5) is 34.2. The standard InChI is InChI=1S/C30H43N5O4/c1-21-17-35(22(2)20-36)29(37)16-24-15-26(33-30(38)32-25-7-5-4-6-8-25)9-10-27(24)39-28(21)19-34(3)18-23-11-13-31-14-12-23/h9-15,21-22,25,28,36H,4-8,16-20H2,1-3H3,(H2,32,33,38)/t21-,22?,28+/m1/s1. The minimum Gasteiger partial charge on any atom is -0.488 e. The highest BCUT2D eigenvalue weighted by molar-refractivity contribution is 5.90. The van der Waals surface area contributed by atoms with Crippen LogP contribution in [0, 0.1) is 5.92 Å². The Morgan fingerprint density at radius 2 is 1.95 bits per heavy atom. The van der Waals surface area contributed by atoms with Crippen molar-refractivity contribution in [3.8, 4) is 5.75 Å². The number of anilines is 1. The number of hydrogen-bond donors (Lipinski definition) is 3. The summed E-state index contributed by atoms with van der Waals surface area (Å²) >= 11 is 0. The van der Waals surface area contributed by atoms with Crippen LogP contribution in [0.1, 0.15) is 57.1 Å². The van der Waals surface area contributed by atoms with Gasteiger partial charge in [0, 0.05) is 55.2 Å². The number of fused-ring (bicyclic) bond motifs is 1. The molecule has 2 heterocycles. The average molecular weight is 538 g/mol. The van der Waals surface area contributed by atoms with Crippen molar-refractivity contribution in [3.05, 3.63) is 53.9 Å². The molecule has 3 N–H and O–H groups in total. The first-order valence-electron chi connectivity index (χ1n) is 14.2. The van der Waals surface area contributed by atoms with Crippen LogP contribution < -0.4 is 15.4 Å². The molecule has 2 aliphatic rings. The van der Waals surface area contributed by atoms with Crippen LogP contribution >= 0.6 is 0 Å². The molecule has 2 aromatic rings. The molecule has 0 bridgehead atoms. The molecule has 0 radical (unpaired) electrons. The van der Waals surface area contributed by atoms with Crippen LogP contribution in [0.3, 0.4) is 0 Å². The van der Waals surface area contributed by atoms with E-state index in [1.54, 1.807) is 17.3 Å². The second-order valence-corrected chi connectivity index (χ2v) is 11.2. The smallest absolute Gasteiger partial charge is 0.319 e. The van der Waals surface area contributed by atoms with Gasteiger partial charge < -0.3 is 25.4 Å². The molecule has 1 aliphatic heterocycles. The van der Waals surface area contributed by atoms with E-state index in [0.29, 0.717) is 24.5 Å². The lowest BCUT2D eigenvalue weighted by atomic mass is 9.96. The fourth-order valence-electron chi connectivity index (χ4n) is 5.50. The minimum absolute atomic E-state index is 0.0212. The number of carbonyl (C=O) groups excluding carboxylic acids is 2. The molecule has 9 heteroatoms. The van der Waals surface area contributed by atoms with Crippen LogP contribution in [-0.2, 0) is 17.8 Å². The summed E-state index contributed by atoms with van der Waals surface area (Å²) in [6.45, 7) is 5.73. The van der Waals surface area contributed by atoms with Crippen molar-refractivity contribution < 1.29 is 19.4 Å². The Morgan fingerprint density at radius 3 is 2.67 bits per heavy atom. The van der Waals surface area contributed by atoms with E-state index in [1.165, 1.54) is 6.42 Å². The summed E-state index contributed by atoms with van der Waals surface area (Å²) < 4.78 is 6.61. The topological polar surface area (TPSA) is 107 Å². The number of carbonyl (C=O) groups is 2. The molecule has 1 unspecified atom stereocenters. The average Bonchev–Trinajstić information content (AvgIpc) is 2.97. The number of aliphatic hydroxyl groups excluding tert-OH is 1. The zero-order valence-corrected chi connectivity index (χ0v) is 23.4. The van der Waals surface area contributed by atoms with Gasteiger partial charge in [0.05, 0.1) is 19.1 Å². The highest BCUT2D eigenvalue weighted by Crippen LogP contribution is 2.29. The number of aliphatic hydroxyl groups is 1. The van der Waals surface area contributed by atoms with Gasteiger partial charge in [-0.3, -0.25) is 14.7 Å². The molecule has 1 fully saturated rings. The Labute approximate surface area is 231 Å². The normalized spacial score (nSPS) is 21.3. The summed E-state index contributed by atoms with van der Waals surface area (Å²) in [5, 5.41) is 15.9. The molecule has 3 amide bonds. The highest BCUT2D eigenvalue weighted by Gasteiger charge is 2.31. The molecule has 1 aliphatic carbocycles. The first kappa shape index (κ1) is 28.8. The second kappa shape index (κ2) is 13.8. The molecule has 4 rings (SSSR count). The van der Waals surface area contributed by atoms with Crippen LogP contribution in [0.25, 0.3) is 0 Å². The Kier molecular flexibility index (Phi) is 10.2. The molecular weight excluding hydrogens is 494 g/mol. The largest absolute Gasteiger partial charge is 0.488 e. The van der Waals surface area contributed by atoms with Gasteiger partial charge in [0.25, 0.3) is 0 Å². The van der Waals surface area contributed by atoms with E-state index in [-0.39, 0.29) is 49.1 Å². The zero-order chi connectivity index (χ0) is 27.8. The monoisotopic (exact) mass is 537 g/mol. The van der Waals surface area contributed by atoms with Gasteiger partial charge in [-0.05, 0) is 62.7 Å². The van der Waals surface area contributed by atoms with E-state index in [2.05, 4.69) is 34.5 Å². The van der Waals surface area contributed by atoms with E-state index < -0.39 is 0 Å². The first-order valence-corrected chi connectivity index (χ1v) is 14.2. The van der Waals surface area contributed by atoms with Crippen molar-refractivity contribution in [2.24, 2.45) is 5.92 Å². The van der Waals surface area contributed by atoms with Crippen molar-refractivity contribution in [1.29, 1.82) is 0 Å². The summed E-state index contributed by atoms with van der Waals surface area (Å²) in [6, 6.07) is 9.20. The number of hydrogen-bond acceptors (Lipinski definition) is 6. The molecule has 0 spiro atoms. The van der Waals surface area contributed by atoms with Gasteiger partial charge in [-0.2, -0.15) is 0 Å². The molecule has 0 saturated heterocycles. The van der Waals surface area contributed by atoms with Gasteiger partial charge in [0.1, 0.15) is 11.9 Å². The Bertz CT molecular complexity index is 1090. The maximum absolute atomic E-state index is 13.4. The molecule has 212 valence electrons. The number of pyridine rings is 1. The predicted molar refractivity (Wildman–Crippen MR) is 152 cm³/mol. The second-order valence-electron chi connectivity index (χ2n) is 11.2. The van der Waals surface area contributed by atoms with Crippen LogP contribution in [0.2, 0.25) is 0 Å². The third kappa shape index (κ3) is 8.16. The van der Waals surface area contributed by atoms with Gasteiger partial charge in [-0.25, -0.2) is 4.79 Å². The quantitative estimate of drug-likeness (QED) is 0.473. The number of urea groups is 1. The van der Waals surface area contributed by atoms with Gasteiger partial charge in [-0.15, -0.1) is 0 Å². The predicted octanol–water partition coefficient (Wildman–Crippen LogP) is 3.82. The SMILES string of the molecule is CC(CO)N1C[C@@H](C)[C@H](CN(C)Cc2ccncc2)Oc2ccc(NC(=O)NC3CCCCC3)cc2CC1=O. The van der Waals surface area contributed by atoms with Crippen molar-refractivity contribution in [3.63, 3.8) is 0 Å². The molecule has 3 atom stereocenters. The van der Waals surface area contributed by atoms with Crippen LogP contribution in [0.5, 0.6) is 5.75 Å². The van der Waals surface area contributed by atoms with Crippen LogP contribution in [0.4, 0.5) is 10.5 Å². The van der Waals surface area contributed by atoms with E-state index in [0.717, 1.165) is 43.4 Å². The summed E-state index contributed by atoms with van der Waals surface area (Å²) in [6.07, 6.45) is 9.05. The number of aromatic nitrogens is 1. The van der Waals surface area contributed by atoms with E-state index in [9.17, 15) is 14.7 Å². The number of amides is 3. The van der Waals surface area contributed by atoms with Crippen LogP contribution in [-0.4, -0.2) is 76.8 Å². The van der Waals surface area contributed by atoms with Gasteiger partial charge in [0.15, 0.2) is 0 Å². The number of nitrogens with one attached hydrogen (secondary N) is 2. The zero-order valence-electron chi connectivity index (χ0n) is 23.4. The molecule has 1 saturated carbocycles. The van der Waals surface area contributed by atoms with Crippen LogP contribution in [0.15, 0.2) is 42.7 Å². The van der Waals surface area contributed by atoms with Gasteiger partial charge >= 0.3 is 6.03 Å².